The van der Waals surface area contributed by atoms with Crippen LogP contribution in [0.5, 0.6) is 0 Å². The van der Waals surface area contributed by atoms with Crippen molar-refractivity contribution < 1.29 is 4.79 Å². The van der Waals surface area contributed by atoms with E-state index in [9.17, 15) is 4.79 Å². The van der Waals surface area contributed by atoms with E-state index in [1.54, 1.807) is 6.92 Å². The highest BCUT2D eigenvalue weighted by atomic mass is 16.1. The van der Waals surface area contributed by atoms with E-state index in [1.165, 1.54) is 5.56 Å². The minimum Gasteiger partial charge on any atom is -0.352 e. The van der Waals surface area contributed by atoms with E-state index in [0.29, 0.717) is 11.8 Å². The van der Waals surface area contributed by atoms with Crippen molar-refractivity contribution in [3.63, 3.8) is 0 Å². The molecule has 0 unspecified atom stereocenters. The monoisotopic (exact) mass is 247 g/mol. The van der Waals surface area contributed by atoms with Crippen LogP contribution in [0.4, 0.5) is 0 Å². The molecule has 0 bridgehead atoms. The number of nitrogens with two attached hydrogens (primary N) is 1. The molecule has 1 aliphatic rings. The van der Waals surface area contributed by atoms with Crippen LogP contribution in [0, 0.1) is 5.92 Å². The highest BCUT2D eigenvalue weighted by molar-refractivity contribution is 5.73. The van der Waals surface area contributed by atoms with Crippen LogP contribution < -0.4 is 11.1 Å². The minimum atomic E-state index is 0.00432. The summed E-state index contributed by atoms with van der Waals surface area (Å²) >= 11 is 0. The Morgan fingerprint density at radius 1 is 1.39 bits per heavy atom. The zero-order valence-electron chi connectivity index (χ0n) is 11.0. The molecule has 1 fully saturated rings. The van der Waals surface area contributed by atoms with Gasteiger partial charge in [0.2, 0.25) is 5.91 Å². The molecule has 2 rings (SSSR count). The molecule has 1 aromatic heterocycles. The van der Waals surface area contributed by atoms with Crippen LogP contribution in [-0.4, -0.2) is 23.0 Å². The zero-order chi connectivity index (χ0) is 13.1. The summed E-state index contributed by atoms with van der Waals surface area (Å²) in [6.07, 6.45) is 5.62. The highest BCUT2D eigenvalue weighted by Gasteiger charge is 2.34. The lowest BCUT2D eigenvalue weighted by atomic mass is 9.73. The Labute approximate surface area is 108 Å². The average molecular weight is 247 g/mol. The molecular formula is C14H21N3O. The Morgan fingerprint density at radius 2 is 2.06 bits per heavy atom. The van der Waals surface area contributed by atoms with E-state index in [2.05, 4.69) is 29.4 Å². The lowest BCUT2D eigenvalue weighted by Gasteiger charge is -2.39. The van der Waals surface area contributed by atoms with Gasteiger partial charge in [-0.1, -0.05) is 6.92 Å². The number of aromatic nitrogens is 1. The van der Waals surface area contributed by atoms with Gasteiger partial charge in [0.05, 0.1) is 0 Å². The summed E-state index contributed by atoms with van der Waals surface area (Å²) < 4.78 is 0. The molecule has 0 aliphatic heterocycles. The fourth-order valence-corrected chi connectivity index (χ4v) is 2.98. The molecule has 98 valence electrons. The quantitative estimate of drug-likeness (QED) is 0.830. The predicted molar refractivity (Wildman–Crippen MR) is 71.0 cm³/mol. The molecule has 4 heteroatoms. The molecule has 4 atom stereocenters. The fourth-order valence-electron chi connectivity index (χ4n) is 2.98. The van der Waals surface area contributed by atoms with Crippen molar-refractivity contribution in [1.82, 2.24) is 10.3 Å². The molecule has 4 nitrogen and oxygen atoms in total. The van der Waals surface area contributed by atoms with E-state index >= 15 is 0 Å². The van der Waals surface area contributed by atoms with Crippen LogP contribution in [0.1, 0.15) is 38.2 Å². The fraction of sp³-hybridized carbons (Fsp3) is 0.571. The molecule has 0 saturated heterocycles. The van der Waals surface area contributed by atoms with Gasteiger partial charge in [-0.3, -0.25) is 9.78 Å². The van der Waals surface area contributed by atoms with Crippen LogP contribution in [0.3, 0.4) is 0 Å². The molecule has 1 amide bonds. The van der Waals surface area contributed by atoms with Crippen molar-refractivity contribution in [3.05, 3.63) is 30.1 Å². The molecule has 0 radical (unpaired) electrons. The SMILES string of the molecule is CC(=O)N[C@H]1[C@H](N)C[C@H](c2ccncc2)C[C@@H]1C. The number of amides is 1. The maximum atomic E-state index is 11.2. The Bertz CT molecular complexity index is 395. The van der Waals surface area contributed by atoms with Gasteiger partial charge in [0, 0.05) is 31.4 Å². The number of hydrogen-bond donors (Lipinski definition) is 2. The first-order valence-corrected chi connectivity index (χ1v) is 6.50. The van der Waals surface area contributed by atoms with Gasteiger partial charge < -0.3 is 11.1 Å². The Hall–Kier alpha value is -1.42. The molecule has 18 heavy (non-hydrogen) atoms. The number of rotatable bonds is 2. The van der Waals surface area contributed by atoms with Crippen molar-refractivity contribution in [3.8, 4) is 0 Å². The van der Waals surface area contributed by atoms with Gasteiger partial charge in [-0.15, -0.1) is 0 Å². The lowest BCUT2D eigenvalue weighted by molar-refractivity contribution is -0.120. The lowest BCUT2D eigenvalue weighted by Crippen LogP contribution is -2.54. The Balaban J connectivity index is 2.07. The van der Waals surface area contributed by atoms with Crippen LogP contribution in [0.25, 0.3) is 0 Å². The minimum absolute atomic E-state index is 0.00432. The third-order valence-corrected chi connectivity index (χ3v) is 3.83. The smallest absolute Gasteiger partial charge is 0.217 e. The molecular weight excluding hydrogens is 226 g/mol. The number of hydrogen-bond acceptors (Lipinski definition) is 3. The van der Waals surface area contributed by atoms with E-state index in [1.807, 2.05) is 12.4 Å². The largest absolute Gasteiger partial charge is 0.352 e. The van der Waals surface area contributed by atoms with Crippen molar-refractivity contribution in [2.75, 3.05) is 0 Å². The Morgan fingerprint density at radius 3 is 2.61 bits per heavy atom. The average Bonchev–Trinajstić information content (AvgIpc) is 2.34. The van der Waals surface area contributed by atoms with E-state index in [4.69, 9.17) is 5.73 Å². The zero-order valence-corrected chi connectivity index (χ0v) is 11.0. The van der Waals surface area contributed by atoms with Gasteiger partial charge >= 0.3 is 0 Å². The number of pyridine rings is 1. The second kappa shape index (κ2) is 5.48. The van der Waals surface area contributed by atoms with Gasteiger partial charge in [-0.2, -0.15) is 0 Å². The van der Waals surface area contributed by atoms with Gasteiger partial charge in [0.1, 0.15) is 0 Å². The van der Waals surface area contributed by atoms with Crippen molar-refractivity contribution in [2.45, 2.75) is 44.7 Å². The van der Waals surface area contributed by atoms with Crippen LogP contribution in [0.15, 0.2) is 24.5 Å². The number of carbonyl (C=O) groups is 1. The first-order valence-electron chi connectivity index (χ1n) is 6.50. The number of carbonyl (C=O) groups excluding carboxylic acids is 1. The topological polar surface area (TPSA) is 68.0 Å². The van der Waals surface area contributed by atoms with Gasteiger partial charge in [-0.05, 0) is 42.4 Å². The molecule has 1 aliphatic carbocycles. The molecule has 1 aromatic rings. The first-order chi connectivity index (χ1) is 8.58. The summed E-state index contributed by atoms with van der Waals surface area (Å²) in [5.74, 6) is 0.878. The third-order valence-electron chi connectivity index (χ3n) is 3.83. The maximum Gasteiger partial charge on any atom is 0.217 e. The normalized spacial score (nSPS) is 31.9. The predicted octanol–water partition coefficient (Wildman–Crippen LogP) is 1.43. The van der Waals surface area contributed by atoms with E-state index < -0.39 is 0 Å². The van der Waals surface area contributed by atoms with Crippen molar-refractivity contribution in [2.24, 2.45) is 11.7 Å². The second-order valence-corrected chi connectivity index (χ2v) is 5.32. The highest BCUT2D eigenvalue weighted by Crippen LogP contribution is 2.35. The third kappa shape index (κ3) is 2.88. The van der Waals surface area contributed by atoms with Gasteiger partial charge in [0.15, 0.2) is 0 Å². The number of nitrogens with one attached hydrogen (secondary N) is 1. The standard InChI is InChI=1S/C14H21N3O/c1-9-7-12(11-3-5-16-6-4-11)8-13(15)14(9)17-10(2)18/h3-6,9,12-14H,7-8,15H2,1-2H3,(H,17,18)/t9-,12+,13+,14+/m0/s1. The summed E-state index contributed by atoms with van der Waals surface area (Å²) in [6.45, 7) is 3.71. The molecule has 0 spiro atoms. The Kier molecular flexibility index (Phi) is 3.97. The summed E-state index contributed by atoms with van der Waals surface area (Å²) in [4.78, 5) is 15.2. The van der Waals surface area contributed by atoms with Crippen LogP contribution in [-0.2, 0) is 4.79 Å². The van der Waals surface area contributed by atoms with Crippen LogP contribution >= 0.6 is 0 Å². The van der Waals surface area contributed by atoms with Crippen molar-refractivity contribution in [1.29, 1.82) is 0 Å². The molecule has 0 aromatic carbocycles. The number of nitrogens with zero attached hydrogens (tertiary/aromatic N) is 1. The van der Waals surface area contributed by atoms with E-state index in [-0.39, 0.29) is 18.0 Å². The van der Waals surface area contributed by atoms with E-state index in [0.717, 1.165) is 12.8 Å². The van der Waals surface area contributed by atoms with Crippen LogP contribution in [0.2, 0.25) is 0 Å². The summed E-state index contributed by atoms with van der Waals surface area (Å²) in [7, 11) is 0. The van der Waals surface area contributed by atoms with Crippen molar-refractivity contribution >= 4 is 5.91 Å². The first kappa shape index (κ1) is 13.0. The van der Waals surface area contributed by atoms with Gasteiger partial charge in [-0.25, -0.2) is 0 Å². The molecule has 1 saturated carbocycles. The maximum absolute atomic E-state index is 11.2. The molecule has 3 N–H and O–H groups in total. The summed E-state index contributed by atoms with van der Waals surface area (Å²) in [5, 5.41) is 2.98. The molecule has 1 heterocycles. The summed E-state index contributed by atoms with van der Waals surface area (Å²) in [6, 6.07) is 4.24. The summed E-state index contributed by atoms with van der Waals surface area (Å²) in [5.41, 5.74) is 7.51. The second-order valence-electron chi connectivity index (χ2n) is 5.32. The van der Waals surface area contributed by atoms with Gasteiger partial charge in [0.25, 0.3) is 0 Å².